The van der Waals surface area contributed by atoms with Gasteiger partial charge in [0, 0.05) is 50.2 Å². The minimum Gasteiger partial charge on any atom is -0.493 e. The number of hydrogen-bond acceptors (Lipinski definition) is 4. The molecule has 2 saturated heterocycles. The summed E-state index contributed by atoms with van der Waals surface area (Å²) in [6, 6.07) is 3.86. The molecule has 0 saturated carbocycles. The molecule has 0 radical (unpaired) electrons. The van der Waals surface area contributed by atoms with E-state index in [1.54, 1.807) is 6.20 Å². The molecule has 3 heterocycles. The first-order valence-corrected chi connectivity index (χ1v) is 8.64. The number of nitrogens with zero attached hydrogens (tertiary/aromatic N) is 2. The zero-order valence-electron chi connectivity index (χ0n) is 13.9. The first-order valence-electron chi connectivity index (χ1n) is 8.64. The molecular formula is C18H26N2O3. The number of piperidine rings is 1. The van der Waals surface area contributed by atoms with Crippen molar-refractivity contribution in [1.29, 1.82) is 0 Å². The lowest BCUT2D eigenvalue weighted by molar-refractivity contribution is -0.140. The third kappa shape index (κ3) is 4.44. The van der Waals surface area contributed by atoms with Gasteiger partial charge in [-0.3, -0.25) is 9.78 Å². The summed E-state index contributed by atoms with van der Waals surface area (Å²) >= 11 is 0. The average Bonchev–Trinajstić information content (AvgIpc) is 2.61. The monoisotopic (exact) mass is 318 g/mol. The van der Waals surface area contributed by atoms with Crippen LogP contribution in [0.5, 0.6) is 5.75 Å². The normalized spacial score (nSPS) is 20.5. The Morgan fingerprint density at radius 2 is 2.04 bits per heavy atom. The van der Waals surface area contributed by atoms with Gasteiger partial charge >= 0.3 is 0 Å². The van der Waals surface area contributed by atoms with Crippen LogP contribution in [0.2, 0.25) is 0 Å². The van der Waals surface area contributed by atoms with Gasteiger partial charge in [0.05, 0.1) is 6.61 Å². The first kappa shape index (κ1) is 16.2. The molecule has 0 bridgehead atoms. The molecule has 2 aliphatic heterocycles. The summed E-state index contributed by atoms with van der Waals surface area (Å²) in [6.07, 6.45) is 5.59. The summed E-state index contributed by atoms with van der Waals surface area (Å²) in [6.45, 7) is 5.87. The highest BCUT2D eigenvalue weighted by atomic mass is 16.5. The summed E-state index contributed by atoms with van der Waals surface area (Å²) < 4.78 is 11.2. The number of aromatic nitrogens is 1. The van der Waals surface area contributed by atoms with Crippen LogP contribution in [0.1, 0.15) is 31.4 Å². The Balaban J connectivity index is 1.42. The number of aryl methyl sites for hydroxylation is 1. The van der Waals surface area contributed by atoms with E-state index < -0.39 is 0 Å². The fraction of sp³-hybridized carbons (Fsp3) is 0.667. The second kappa shape index (κ2) is 7.77. The molecular weight excluding hydrogens is 292 g/mol. The molecule has 1 aromatic heterocycles. The Labute approximate surface area is 138 Å². The third-order valence-electron chi connectivity index (χ3n) is 4.85. The molecule has 0 aliphatic carbocycles. The van der Waals surface area contributed by atoms with Gasteiger partial charge in [0.2, 0.25) is 5.91 Å². The Morgan fingerprint density at radius 3 is 2.74 bits per heavy atom. The number of amides is 1. The molecule has 126 valence electrons. The van der Waals surface area contributed by atoms with Crippen LogP contribution in [0.25, 0.3) is 0 Å². The topological polar surface area (TPSA) is 51.7 Å². The van der Waals surface area contributed by atoms with Gasteiger partial charge in [-0.15, -0.1) is 0 Å². The first-order chi connectivity index (χ1) is 11.2. The van der Waals surface area contributed by atoms with Gasteiger partial charge in [0.1, 0.15) is 5.75 Å². The maximum atomic E-state index is 12.5. The standard InChI is InChI=1S/C18H26N2O3/c1-14-12-17(2-7-19-14)23-13-15-3-8-20(9-4-15)18(21)16-5-10-22-11-6-16/h2,7,12,15-16H,3-6,8-11,13H2,1H3. The van der Waals surface area contributed by atoms with E-state index in [1.165, 1.54) is 0 Å². The Hall–Kier alpha value is -1.62. The van der Waals surface area contributed by atoms with E-state index in [-0.39, 0.29) is 5.92 Å². The zero-order chi connectivity index (χ0) is 16.1. The summed E-state index contributed by atoms with van der Waals surface area (Å²) in [4.78, 5) is 18.7. The lowest BCUT2D eigenvalue weighted by atomic mass is 9.94. The molecule has 23 heavy (non-hydrogen) atoms. The molecule has 0 spiro atoms. The van der Waals surface area contributed by atoms with Crippen molar-refractivity contribution in [3.63, 3.8) is 0 Å². The van der Waals surface area contributed by atoms with Crippen molar-refractivity contribution in [3.8, 4) is 5.75 Å². The van der Waals surface area contributed by atoms with Crippen LogP contribution >= 0.6 is 0 Å². The zero-order valence-corrected chi connectivity index (χ0v) is 13.9. The SMILES string of the molecule is Cc1cc(OCC2CCN(C(=O)C3CCOCC3)CC2)ccn1. The smallest absolute Gasteiger partial charge is 0.225 e. The van der Waals surface area contributed by atoms with Crippen molar-refractivity contribution in [2.45, 2.75) is 32.6 Å². The molecule has 2 fully saturated rings. The van der Waals surface area contributed by atoms with Gasteiger partial charge in [-0.25, -0.2) is 0 Å². The second-order valence-corrected chi connectivity index (χ2v) is 6.60. The molecule has 5 heteroatoms. The van der Waals surface area contributed by atoms with Crippen LogP contribution in [-0.4, -0.2) is 48.7 Å². The highest BCUT2D eigenvalue weighted by Crippen LogP contribution is 2.23. The van der Waals surface area contributed by atoms with E-state index >= 15 is 0 Å². The number of likely N-dealkylation sites (tertiary alicyclic amines) is 1. The number of ether oxygens (including phenoxy) is 2. The Morgan fingerprint density at radius 1 is 1.30 bits per heavy atom. The van der Waals surface area contributed by atoms with Crippen molar-refractivity contribution in [1.82, 2.24) is 9.88 Å². The summed E-state index contributed by atoms with van der Waals surface area (Å²) in [5.74, 6) is 1.93. The van der Waals surface area contributed by atoms with Gasteiger partial charge in [-0.1, -0.05) is 0 Å². The number of carbonyl (C=O) groups is 1. The van der Waals surface area contributed by atoms with Gasteiger partial charge in [-0.2, -0.15) is 0 Å². The van der Waals surface area contributed by atoms with E-state index in [9.17, 15) is 4.79 Å². The fourth-order valence-corrected chi connectivity index (χ4v) is 3.35. The van der Waals surface area contributed by atoms with Crippen molar-refractivity contribution in [2.75, 3.05) is 32.9 Å². The number of carbonyl (C=O) groups excluding carboxylic acids is 1. The molecule has 0 aromatic carbocycles. The van der Waals surface area contributed by atoms with Crippen LogP contribution in [-0.2, 0) is 9.53 Å². The van der Waals surface area contributed by atoms with Crippen molar-refractivity contribution >= 4 is 5.91 Å². The Bertz CT molecular complexity index is 521. The summed E-state index contributed by atoms with van der Waals surface area (Å²) in [5, 5.41) is 0. The summed E-state index contributed by atoms with van der Waals surface area (Å²) in [5.41, 5.74) is 0.972. The Kier molecular flexibility index (Phi) is 5.49. The highest BCUT2D eigenvalue weighted by Gasteiger charge is 2.29. The molecule has 1 amide bonds. The van der Waals surface area contributed by atoms with Crippen molar-refractivity contribution in [2.24, 2.45) is 11.8 Å². The van der Waals surface area contributed by atoms with Crippen molar-refractivity contribution in [3.05, 3.63) is 24.0 Å². The maximum Gasteiger partial charge on any atom is 0.225 e. The maximum absolute atomic E-state index is 12.5. The second-order valence-electron chi connectivity index (χ2n) is 6.60. The molecule has 1 aromatic rings. The lowest BCUT2D eigenvalue weighted by Crippen LogP contribution is -2.43. The van der Waals surface area contributed by atoms with E-state index in [2.05, 4.69) is 4.98 Å². The predicted molar refractivity (Wildman–Crippen MR) is 87.3 cm³/mol. The van der Waals surface area contributed by atoms with E-state index in [1.807, 2.05) is 24.0 Å². The third-order valence-corrected chi connectivity index (χ3v) is 4.85. The molecule has 0 N–H and O–H groups in total. The number of hydrogen-bond donors (Lipinski definition) is 0. The van der Waals surface area contributed by atoms with Gasteiger partial charge < -0.3 is 14.4 Å². The minimum atomic E-state index is 0.177. The molecule has 5 nitrogen and oxygen atoms in total. The van der Waals surface area contributed by atoms with Crippen LogP contribution in [0.3, 0.4) is 0 Å². The van der Waals surface area contributed by atoms with Gasteiger partial charge in [-0.05, 0) is 44.6 Å². The molecule has 3 rings (SSSR count). The van der Waals surface area contributed by atoms with E-state index in [4.69, 9.17) is 9.47 Å². The minimum absolute atomic E-state index is 0.177. The van der Waals surface area contributed by atoms with Crippen LogP contribution in [0.15, 0.2) is 18.3 Å². The molecule has 2 aliphatic rings. The fourth-order valence-electron chi connectivity index (χ4n) is 3.35. The molecule has 0 atom stereocenters. The average molecular weight is 318 g/mol. The van der Waals surface area contributed by atoms with E-state index in [0.717, 1.165) is 70.0 Å². The van der Waals surface area contributed by atoms with Crippen molar-refractivity contribution < 1.29 is 14.3 Å². The predicted octanol–water partition coefficient (Wildman–Crippen LogP) is 2.43. The largest absolute Gasteiger partial charge is 0.493 e. The van der Waals surface area contributed by atoms with Crippen LogP contribution in [0.4, 0.5) is 0 Å². The quantitative estimate of drug-likeness (QED) is 0.855. The van der Waals surface area contributed by atoms with E-state index in [0.29, 0.717) is 11.8 Å². The summed E-state index contributed by atoms with van der Waals surface area (Å²) in [7, 11) is 0. The number of rotatable bonds is 4. The van der Waals surface area contributed by atoms with Crippen LogP contribution in [0, 0.1) is 18.8 Å². The highest BCUT2D eigenvalue weighted by molar-refractivity contribution is 5.79. The lowest BCUT2D eigenvalue weighted by Gasteiger charge is -2.35. The number of pyridine rings is 1. The van der Waals surface area contributed by atoms with Gasteiger partial charge in [0.15, 0.2) is 0 Å². The van der Waals surface area contributed by atoms with Crippen LogP contribution < -0.4 is 4.74 Å². The van der Waals surface area contributed by atoms with Gasteiger partial charge in [0.25, 0.3) is 0 Å². The molecule has 0 unspecified atom stereocenters.